The quantitative estimate of drug-likeness (QED) is 0.363. The molecule has 4 aromatic rings. The molecule has 152 valence electrons. The Balaban J connectivity index is 1.42. The number of anilines is 1. The van der Waals surface area contributed by atoms with Gasteiger partial charge in [0.1, 0.15) is 10.8 Å². The van der Waals surface area contributed by atoms with E-state index in [1.807, 2.05) is 37.3 Å². The third-order valence-electron chi connectivity index (χ3n) is 4.09. The molecule has 1 aromatic carbocycles. The minimum atomic E-state index is -0.245. The lowest BCUT2D eigenvalue weighted by Gasteiger charge is -2.06. The van der Waals surface area contributed by atoms with Gasteiger partial charge in [0.05, 0.1) is 11.3 Å². The van der Waals surface area contributed by atoms with Gasteiger partial charge in [-0.2, -0.15) is 0 Å². The summed E-state index contributed by atoms with van der Waals surface area (Å²) >= 11 is 8.92. The summed E-state index contributed by atoms with van der Waals surface area (Å²) in [5.41, 5.74) is 2.40. The fraction of sp³-hybridized carbons (Fsp3) is 0.143. The largest absolute Gasteiger partial charge is 0.361 e. The number of halogens is 1. The van der Waals surface area contributed by atoms with Crippen LogP contribution in [0.4, 0.5) is 5.13 Å². The van der Waals surface area contributed by atoms with Crippen LogP contribution in [0.3, 0.4) is 0 Å². The number of thiazole rings is 1. The maximum absolute atomic E-state index is 12.8. The van der Waals surface area contributed by atoms with Gasteiger partial charge in [-0.1, -0.05) is 40.7 Å². The maximum atomic E-state index is 12.8. The smallest absolute Gasteiger partial charge is 0.260 e. The van der Waals surface area contributed by atoms with E-state index in [2.05, 4.69) is 20.4 Å². The van der Waals surface area contributed by atoms with Crippen molar-refractivity contribution in [3.05, 3.63) is 87.3 Å². The SMILES string of the molecule is Cc1cc(CSc2ncccc2C(=O)Nc2ncc(Cc3cccc(Cl)c3)s2)no1. The summed E-state index contributed by atoms with van der Waals surface area (Å²) in [4.78, 5) is 22.5. The number of nitrogens with zero attached hydrogens (tertiary/aromatic N) is 3. The van der Waals surface area contributed by atoms with Crippen molar-refractivity contribution in [2.24, 2.45) is 0 Å². The van der Waals surface area contributed by atoms with Gasteiger partial charge in [0, 0.05) is 40.5 Å². The molecule has 0 aliphatic carbocycles. The van der Waals surface area contributed by atoms with Crippen molar-refractivity contribution in [3.8, 4) is 0 Å². The van der Waals surface area contributed by atoms with Crippen LogP contribution in [0.5, 0.6) is 0 Å². The summed E-state index contributed by atoms with van der Waals surface area (Å²) in [6.45, 7) is 1.84. The standard InChI is InChI=1S/C21H17ClN4O2S2/c1-13-8-16(26-28-13)12-29-20-18(6-3-7-23-20)19(27)25-21-24-11-17(30-21)10-14-4-2-5-15(22)9-14/h2-9,11H,10,12H2,1H3,(H,24,25,27). The number of nitrogens with one attached hydrogen (secondary N) is 1. The zero-order valence-electron chi connectivity index (χ0n) is 16.0. The third-order valence-corrected chi connectivity index (χ3v) is 6.28. The van der Waals surface area contributed by atoms with Gasteiger partial charge in [0.25, 0.3) is 5.91 Å². The molecule has 4 rings (SSSR count). The summed E-state index contributed by atoms with van der Waals surface area (Å²) in [7, 11) is 0. The second-order valence-electron chi connectivity index (χ2n) is 6.47. The number of carbonyl (C=O) groups is 1. The minimum absolute atomic E-state index is 0.245. The molecule has 0 radical (unpaired) electrons. The van der Waals surface area contributed by atoms with Gasteiger partial charge < -0.3 is 4.52 Å². The molecule has 3 heterocycles. The summed E-state index contributed by atoms with van der Waals surface area (Å²) in [6, 6.07) is 13.1. The maximum Gasteiger partial charge on any atom is 0.260 e. The Bertz CT molecular complexity index is 1180. The number of amides is 1. The van der Waals surface area contributed by atoms with Crippen molar-refractivity contribution < 1.29 is 9.32 Å². The normalized spacial score (nSPS) is 10.9. The number of carbonyl (C=O) groups excluding carboxylic acids is 1. The zero-order chi connectivity index (χ0) is 20.9. The molecule has 0 aliphatic heterocycles. The van der Waals surface area contributed by atoms with Gasteiger partial charge in [-0.05, 0) is 36.8 Å². The molecule has 0 atom stereocenters. The lowest BCUT2D eigenvalue weighted by Crippen LogP contribution is -2.13. The number of aryl methyl sites for hydroxylation is 1. The van der Waals surface area contributed by atoms with E-state index in [4.69, 9.17) is 16.1 Å². The van der Waals surface area contributed by atoms with Crippen LogP contribution >= 0.6 is 34.7 Å². The van der Waals surface area contributed by atoms with Crippen molar-refractivity contribution in [3.63, 3.8) is 0 Å². The van der Waals surface area contributed by atoms with Crippen LogP contribution in [0.1, 0.15) is 32.3 Å². The fourth-order valence-electron chi connectivity index (χ4n) is 2.77. The van der Waals surface area contributed by atoms with Crippen molar-refractivity contribution in [1.82, 2.24) is 15.1 Å². The molecule has 1 amide bonds. The van der Waals surface area contributed by atoms with E-state index >= 15 is 0 Å². The van der Waals surface area contributed by atoms with Gasteiger partial charge >= 0.3 is 0 Å². The number of hydrogen-bond acceptors (Lipinski definition) is 7. The van der Waals surface area contributed by atoms with Gasteiger partial charge in [-0.15, -0.1) is 11.3 Å². The monoisotopic (exact) mass is 456 g/mol. The molecule has 0 unspecified atom stereocenters. The molecular weight excluding hydrogens is 440 g/mol. The average Bonchev–Trinajstić information content (AvgIpc) is 3.35. The van der Waals surface area contributed by atoms with Crippen molar-refractivity contribution in [1.29, 1.82) is 0 Å². The lowest BCUT2D eigenvalue weighted by atomic mass is 10.1. The van der Waals surface area contributed by atoms with Crippen LogP contribution in [0.25, 0.3) is 0 Å². The van der Waals surface area contributed by atoms with E-state index in [1.165, 1.54) is 23.1 Å². The molecule has 6 nitrogen and oxygen atoms in total. The molecule has 0 spiro atoms. The van der Waals surface area contributed by atoms with Crippen molar-refractivity contribution >= 4 is 45.7 Å². The molecule has 9 heteroatoms. The highest BCUT2D eigenvalue weighted by Crippen LogP contribution is 2.26. The van der Waals surface area contributed by atoms with Crippen LogP contribution in [0.2, 0.25) is 5.02 Å². The molecule has 0 saturated heterocycles. The Morgan fingerprint density at radius 1 is 1.23 bits per heavy atom. The molecule has 1 N–H and O–H groups in total. The fourth-order valence-corrected chi connectivity index (χ4v) is 4.69. The second kappa shape index (κ2) is 9.42. The summed E-state index contributed by atoms with van der Waals surface area (Å²) in [5.74, 6) is 1.07. The lowest BCUT2D eigenvalue weighted by molar-refractivity contribution is 0.102. The number of benzene rings is 1. The molecule has 0 aliphatic rings. The van der Waals surface area contributed by atoms with Crippen LogP contribution in [0.15, 0.2) is 64.4 Å². The first-order valence-electron chi connectivity index (χ1n) is 9.07. The second-order valence-corrected chi connectivity index (χ2v) is 8.98. The van der Waals surface area contributed by atoms with Crippen LogP contribution < -0.4 is 5.32 Å². The number of thioether (sulfide) groups is 1. The van der Waals surface area contributed by atoms with Crippen LogP contribution in [-0.2, 0) is 12.2 Å². The molecular formula is C21H17ClN4O2S2. The first kappa shape index (κ1) is 20.6. The summed E-state index contributed by atoms with van der Waals surface area (Å²) < 4.78 is 5.08. The molecule has 0 saturated carbocycles. The number of aromatic nitrogens is 3. The summed E-state index contributed by atoms with van der Waals surface area (Å²) in [6.07, 6.45) is 4.14. The van der Waals surface area contributed by atoms with Crippen molar-refractivity contribution in [2.75, 3.05) is 5.32 Å². The zero-order valence-corrected chi connectivity index (χ0v) is 18.4. The Morgan fingerprint density at radius 2 is 2.13 bits per heavy atom. The Kier molecular flexibility index (Phi) is 6.47. The van der Waals surface area contributed by atoms with E-state index < -0.39 is 0 Å². The van der Waals surface area contributed by atoms with Gasteiger partial charge in [-0.3, -0.25) is 10.1 Å². The first-order chi connectivity index (χ1) is 14.6. The molecule has 0 bridgehead atoms. The number of hydrogen-bond donors (Lipinski definition) is 1. The van der Waals surface area contributed by atoms with E-state index in [0.29, 0.717) is 32.9 Å². The first-order valence-corrected chi connectivity index (χ1v) is 11.3. The van der Waals surface area contributed by atoms with E-state index in [-0.39, 0.29) is 5.91 Å². The van der Waals surface area contributed by atoms with Crippen LogP contribution in [0, 0.1) is 6.92 Å². The topological polar surface area (TPSA) is 80.9 Å². The van der Waals surface area contributed by atoms with Crippen LogP contribution in [-0.4, -0.2) is 21.0 Å². The highest BCUT2D eigenvalue weighted by molar-refractivity contribution is 7.98. The summed E-state index contributed by atoms with van der Waals surface area (Å²) in [5, 5.41) is 8.73. The highest BCUT2D eigenvalue weighted by Gasteiger charge is 2.15. The van der Waals surface area contributed by atoms with Gasteiger partial charge in [0.15, 0.2) is 5.13 Å². The van der Waals surface area contributed by atoms with Crippen molar-refractivity contribution in [2.45, 2.75) is 24.1 Å². The Labute approximate surface area is 186 Å². The predicted molar refractivity (Wildman–Crippen MR) is 119 cm³/mol. The third kappa shape index (κ3) is 5.27. The number of rotatable bonds is 7. The predicted octanol–water partition coefficient (Wildman–Crippen LogP) is 5.62. The highest BCUT2D eigenvalue weighted by atomic mass is 35.5. The minimum Gasteiger partial charge on any atom is -0.361 e. The Hall–Kier alpha value is -2.68. The number of pyridine rings is 1. The van der Waals surface area contributed by atoms with E-state index in [1.54, 1.807) is 24.5 Å². The van der Waals surface area contributed by atoms with Gasteiger partial charge in [-0.25, -0.2) is 9.97 Å². The Morgan fingerprint density at radius 3 is 2.93 bits per heavy atom. The van der Waals surface area contributed by atoms with Gasteiger partial charge in [0.2, 0.25) is 0 Å². The molecule has 0 fully saturated rings. The molecule has 30 heavy (non-hydrogen) atoms. The average molecular weight is 457 g/mol. The molecule has 3 aromatic heterocycles. The van der Waals surface area contributed by atoms with E-state index in [9.17, 15) is 4.79 Å². The van der Waals surface area contributed by atoms with E-state index in [0.717, 1.165) is 21.9 Å².